The lowest BCUT2D eigenvalue weighted by Crippen LogP contribution is -2.51. The molecule has 52 heavy (non-hydrogen) atoms. The highest BCUT2D eigenvalue weighted by molar-refractivity contribution is 5.94. The summed E-state index contributed by atoms with van der Waals surface area (Å²) in [5, 5.41) is 8.26. The number of H-pyrrole nitrogens is 1. The second kappa shape index (κ2) is 16.7. The Morgan fingerprint density at radius 3 is 1.90 bits per heavy atom. The number of benzene rings is 2. The van der Waals surface area contributed by atoms with Crippen molar-refractivity contribution in [2.75, 3.05) is 39.2 Å². The number of likely N-dealkylation sites (tertiary alicyclic amines) is 2. The maximum atomic E-state index is 13.5. The van der Waals surface area contributed by atoms with Gasteiger partial charge < -0.3 is 40.2 Å². The van der Waals surface area contributed by atoms with Crippen LogP contribution in [0.2, 0.25) is 0 Å². The summed E-state index contributed by atoms with van der Waals surface area (Å²) in [5.74, 6) is -0.439. The zero-order chi connectivity index (χ0) is 37.5. The SMILES string of the molecule is COC(=O)N[C@H](C(=O)N1CC[C@@H](C(=O)Nc2ccc(-c3ccc(-c4cnc([C@@H]5CCCN5C(=O)[C@H](NC(=O)OC)C(C)C)[nH]4)cc3)cc2)C1)C(C)C. The van der Waals surface area contributed by atoms with Gasteiger partial charge >= 0.3 is 12.2 Å². The number of amides is 5. The van der Waals surface area contributed by atoms with Crippen LogP contribution in [0.3, 0.4) is 0 Å². The van der Waals surface area contributed by atoms with Crippen LogP contribution in [0.25, 0.3) is 22.4 Å². The standard InChI is InChI=1S/C38H49N7O7/c1-22(2)31(42-37(49)51-5)35(47)44-19-17-27(21-44)34(46)40-28-15-13-25(14-16-28)24-9-11-26(12-10-24)29-20-39-33(41-29)30-8-7-18-45(30)36(48)32(23(3)4)43-38(50)52-6/h9-16,20,22-23,27,30-32H,7-8,17-19,21H2,1-6H3,(H,39,41)(H,40,46)(H,42,49)(H,43,50)/t27-,30+,31+,32-/m1/s1. The van der Waals surface area contributed by atoms with Gasteiger partial charge in [-0.25, -0.2) is 14.6 Å². The van der Waals surface area contributed by atoms with E-state index in [0.717, 1.165) is 35.2 Å². The van der Waals surface area contributed by atoms with Gasteiger partial charge in [-0.2, -0.15) is 0 Å². The number of ether oxygens (including phenoxy) is 2. The number of carbonyl (C=O) groups excluding carboxylic acids is 5. The largest absolute Gasteiger partial charge is 0.453 e. The molecule has 4 N–H and O–H groups in total. The number of nitrogens with one attached hydrogen (secondary N) is 4. The molecule has 0 saturated carbocycles. The third-order valence-electron chi connectivity index (χ3n) is 9.78. The Labute approximate surface area is 304 Å². The minimum Gasteiger partial charge on any atom is -0.453 e. The molecular formula is C38H49N7O7. The second-order valence-corrected chi connectivity index (χ2v) is 14.0. The van der Waals surface area contributed by atoms with E-state index < -0.39 is 24.3 Å². The van der Waals surface area contributed by atoms with Crippen LogP contribution in [0.4, 0.5) is 15.3 Å². The predicted molar refractivity (Wildman–Crippen MR) is 195 cm³/mol. The molecule has 2 aliphatic rings. The van der Waals surface area contributed by atoms with E-state index >= 15 is 0 Å². The first kappa shape index (κ1) is 37.8. The number of imidazole rings is 1. The summed E-state index contributed by atoms with van der Waals surface area (Å²) in [7, 11) is 2.53. The highest BCUT2D eigenvalue weighted by Gasteiger charge is 2.38. The lowest BCUT2D eigenvalue weighted by molar-refractivity contribution is -0.135. The molecule has 0 spiro atoms. The minimum absolute atomic E-state index is 0.113. The predicted octanol–water partition coefficient (Wildman–Crippen LogP) is 4.96. The van der Waals surface area contributed by atoms with Crippen molar-refractivity contribution >= 4 is 35.6 Å². The van der Waals surface area contributed by atoms with E-state index in [1.807, 2.05) is 76.2 Å². The van der Waals surface area contributed by atoms with Crippen LogP contribution in [0, 0.1) is 17.8 Å². The van der Waals surface area contributed by atoms with Crippen LogP contribution < -0.4 is 16.0 Å². The van der Waals surface area contributed by atoms with Gasteiger partial charge in [0.1, 0.15) is 17.9 Å². The lowest BCUT2D eigenvalue weighted by Gasteiger charge is -2.30. The normalized spacial score (nSPS) is 18.2. The van der Waals surface area contributed by atoms with Gasteiger partial charge in [0, 0.05) is 25.3 Å². The van der Waals surface area contributed by atoms with Crippen molar-refractivity contribution in [2.45, 2.75) is 65.1 Å². The number of aromatic amines is 1. The zero-order valence-corrected chi connectivity index (χ0v) is 30.6. The molecule has 14 nitrogen and oxygen atoms in total. The number of hydrogen-bond donors (Lipinski definition) is 4. The molecule has 4 atom stereocenters. The van der Waals surface area contributed by atoms with E-state index in [9.17, 15) is 24.0 Å². The molecule has 0 bridgehead atoms. The number of nitrogens with zero attached hydrogens (tertiary/aromatic N) is 3. The van der Waals surface area contributed by atoms with Gasteiger partial charge in [0.05, 0.1) is 38.1 Å². The maximum Gasteiger partial charge on any atom is 0.407 e. The molecule has 2 aliphatic heterocycles. The van der Waals surface area contributed by atoms with E-state index in [-0.39, 0.29) is 48.1 Å². The first-order chi connectivity index (χ1) is 24.9. The fraction of sp³-hybridized carbons (Fsp3) is 0.474. The molecule has 2 aromatic carbocycles. The molecule has 14 heteroatoms. The molecule has 1 aromatic heterocycles. The van der Waals surface area contributed by atoms with E-state index in [1.165, 1.54) is 14.2 Å². The van der Waals surface area contributed by atoms with E-state index in [1.54, 1.807) is 16.0 Å². The van der Waals surface area contributed by atoms with Crippen LogP contribution in [-0.2, 0) is 23.9 Å². The topological polar surface area (TPSA) is 175 Å². The van der Waals surface area contributed by atoms with E-state index in [4.69, 9.17) is 4.74 Å². The van der Waals surface area contributed by atoms with Gasteiger partial charge in [-0.3, -0.25) is 14.4 Å². The number of rotatable bonds is 11. The molecule has 278 valence electrons. The van der Waals surface area contributed by atoms with Crippen LogP contribution in [0.5, 0.6) is 0 Å². The molecule has 0 unspecified atom stereocenters. The van der Waals surface area contributed by atoms with Crippen molar-refractivity contribution in [1.29, 1.82) is 0 Å². The Morgan fingerprint density at radius 2 is 1.33 bits per heavy atom. The number of hydrogen-bond acceptors (Lipinski definition) is 8. The number of alkyl carbamates (subject to hydrolysis) is 2. The minimum atomic E-state index is -0.727. The van der Waals surface area contributed by atoms with Crippen LogP contribution >= 0.6 is 0 Å². The Morgan fingerprint density at radius 1 is 0.769 bits per heavy atom. The first-order valence-corrected chi connectivity index (χ1v) is 17.7. The van der Waals surface area contributed by atoms with E-state index in [0.29, 0.717) is 31.0 Å². The maximum absolute atomic E-state index is 13.5. The van der Waals surface area contributed by atoms with Crippen molar-refractivity contribution in [3.05, 3.63) is 60.6 Å². The fourth-order valence-corrected chi connectivity index (χ4v) is 6.75. The Kier molecular flexibility index (Phi) is 12.2. The van der Waals surface area contributed by atoms with Crippen LogP contribution in [0.1, 0.15) is 58.8 Å². The molecular weight excluding hydrogens is 666 g/mol. The Hall–Kier alpha value is -5.40. The van der Waals surface area contributed by atoms with Crippen molar-refractivity contribution in [2.24, 2.45) is 17.8 Å². The third kappa shape index (κ3) is 8.72. The zero-order valence-electron chi connectivity index (χ0n) is 30.6. The fourth-order valence-electron chi connectivity index (χ4n) is 6.75. The summed E-state index contributed by atoms with van der Waals surface area (Å²) in [6.07, 6.45) is 2.62. The van der Waals surface area contributed by atoms with Gasteiger partial charge in [-0.15, -0.1) is 0 Å². The van der Waals surface area contributed by atoms with Gasteiger partial charge in [-0.1, -0.05) is 64.1 Å². The van der Waals surface area contributed by atoms with Crippen molar-refractivity contribution in [3.63, 3.8) is 0 Å². The molecule has 5 amide bonds. The van der Waals surface area contributed by atoms with Crippen LogP contribution in [0.15, 0.2) is 54.7 Å². The second-order valence-electron chi connectivity index (χ2n) is 14.0. The number of methoxy groups -OCH3 is 2. The molecule has 0 aliphatic carbocycles. The van der Waals surface area contributed by atoms with Gasteiger partial charge in [-0.05, 0) is 59.9 Å². The third-order valence-corrected chi connectivity index (χ3v) is 9.78. The smallest absolute Gasteiger partial charge is 0.407 e. The average Bonchev–Trinajstić information content (AvgIpc) is 3.94. The number of anilines is 1. The van der Waals surface area contributed by atoms with Gasteiger partial charge in [0.25, 0.3) is 0 Å². The summed E-state index contributed by atoms with van der Waals surface area (Å²) < 4.78 is 9.40. The summed E-state index contributed by atoms with van der Waals surface area (Å²) in [4.78, 5) is 74.8. The summed E-state index contributed by atoms with van der Waals surface area (Å²) in [6.45, 7) is 8.77. The summed E-state index contributed by atoms with van der Waals surface area (Å²) in [5.41, 5.74) is 4.41. The van der Waals surface area contributed by atoms with Gasteiger partial charge in [0.2, 0.25) is 17.7 Å². The summed E-state index contributed by atoms with van der Waals surface area (Å²) in [6, 6.07) is 14.0. The van der Waals surface area contributed by atoms with Crippen molar-refractivity contribution in [3.8, 4) is 22.4 Å². The first-order valence-electron chi connectivity index (χ1n) is 17.7. The monoisotopic (exact) mass is 715 g/mol. The highest BCUT2D eigenvalue weighted by Crippen LogP contribution is 2.33. The van der Waals surface area contributed by atoms with Crippen LogP contribution in [-0.4, -0.2) is 95.6 Å². The molecule has 3 heterocycles. The Balaban J connectivity index is 1.17. The summed E-state index contributed by atoms with van der Waals surface area (Å²) >= 11 is 0. The highest BCUT2D eigenvalue weighted by atomic mass is 16.5. The van der Waals surface area contributed by atoms with Crippen molar-refractivity contribution in [1.82, 2.24) is 30.4 Å². The molecule has 2 fully saturated rings. The average molecular weight is 716 g/mol. The number of carbonyl (C=O) groups is 5. The quantitative estimate of drug-likeness (QED) is 0.216. The van der Waals surface area contributed by atoms with E-state index in [2.05, 4.69) is 30.7 Å². The molecule has 2 saturated heterocycles. The Bertz CT molecular complexity index is 1740. The molecule has 3 aromatic rings. The molecule has 0 radical (unpaired) electrons. The number of aromatic nitrogens is 2. The van der Waals surface area contributed by atoms with Gasteiger partial charge in [0.15, 0.2) is 0 Å². The van der Waals surface area contributed by atoms with Crippen molar-refractivity contribution < 1.29 is 33.4 Å². The molecule has 5 rings (SSSR count). The lowest BCUT2D eigenvalue weighted by atomic mass is 10.0.